The normalized spacial score (nSPS) is 11.3. The van der Waals surface area contributed by atoms with Gasteiger partial charge in [-0.05, 0) is 34.4 Å². The number of rotatable bonds is 4. The van der Waals surface area contributed by atoms with Gasteiger partial charge in [-0.3, -0.25) is 4.40 Å². The summed E-state index contributed by atoms with van der Waals surface area (Å²) in [5.41, 5.74) is 3.99. The number of hydrogen-bond donors (Lipinski definition) is 1. The average molecular weight is 295 g/mol. The number of nitrogens with zero attached hydrogens (tertiary/aromatic N) is 3. The molecule has 0 bridgehead atoms. The Morgan fingerprint density at radius 1 is 1.23 bits per heavy atom. The molecule has 0 amide bonds. The highest BCUT2D eigenvalue weighted by atomic mass is 16.3. The molecule has 0 aliphatic heterocycles. The third-order valence-electron chi connectivity index (χ3n) is 3.79. The van der Waals surface area contributed by atoms with E-state index in [0.717, 1.165) is 11.1 Å². The first kappa shape index (κ1) is 14.4. The lowest BCUT2D eigenvalue weighted by Gasteiger charge is -2.05. The molecule has 5 heteroatoms. The van der Waals surface area contributed by atoms with Crippen LogP contribution in [0.2, 0.25) is 0 Å². The molecule has 0 aliphatic carbocycles. The zero-order chi connectivity index (χ0) is 15.7. The molecule has 0 radical (unpaired) electrons. The molecule has 0 atom stereocenters. The van der Waals surface area contributed by atoms with Crippen molar-refractivity contribution in [2.24, 2.45) is 5.18 Å². The van der Waals surface area contributed by atoms with Crippen LogP contribution in [0.5, 0.6) is 0 Å². The summed E-state index contributed by atoms with van der Waals surface area (Å²) in [7, 11) is 0. The number of hydrogen-bond acceptors (Lipinski definition) is 4. The molecule has 0 spiro atoms. The van der Waals surface area contributed by atoms with Gasteiger partial charge < -0.3 is 5.11 Å². The van der Waals surface area contributed by atoms with E-state index in [4.69, 9.17) is 0 Å². The first-order valence-electron chi connectivity index (χ1n) is 7.19. The molecule has 0 aliphatic rings. The van der Waals surface area contributed by atoms with E-state index < -0.39 is 0 Å². The largest absolute Gasteiger partial charge is 0.392 e. The second kappa shape index (κ2) is 5.69. The zero-order valence-electron chi connectivity index (χ0n) is 12.5. The summed E-state index contributed by atoms with van der Waals surface area (Å²) in [6.07, 6.45) is 1.70. The van der Waals surface area contributed by atoms with Gasteiger partial charge in [0.2, 0.25) is 5.82 Å². The number of pyridine rings is 1. The van der Waals surface area contributed by atoms with Gasteiger partial charge in [0.05, 0.1) is 6.61 Å². The minimum atomic E-state index is -0.0639. The Balaban J connectivity index is 2.15. The lowest BCUT2D eigenvalue weighted by Crippen LogP contribution is -1.88. The molecule has 2 heterocycles. The second-order valence-corrected chi connectivity index (χ2v) is 5.57. The predicted octanol–water partition coefficient (Wildman–Crippen LogP) is 4.01. The summed E-state index contributed by atoms with van der Waals surface area (Å²) in [5, 5.41) is 12.3. The number of aromatic nitrogens is 2. The van der Waals surface area contributed by atoms with Gasteiger partial charge in [-0.2, -0.15) is 0 Å². The minimum absolute atomic E-state index is 0.0639. The van der Waals surface area contributed by atoms with Crippen LogP contribution in [0.1, 0.15) is 30.9 Å². The van der Waals surface area contributed by atoms with Gasteiger partial charge >= 0.3 is 0 Å². The van der Waals surface area contributed by atoms with E-state index in [1.54, 1.807) is 22.7 Å². The fourth-order valence-electron chi connectivity index (χ4n) is 2.48. The maximum Gasteiger partial charge on any atom is 0.209 e. The van der Waals surface area contributed by atoms with Crippen LogP contribution in [0.3, 0.4) is 0 Å². The molecule has 5 nitrogen and oxygen atoms in total. The molecule has 1 N–H and O–H groups in total. The number of nitroso groups, excluding NO2 is 1. The molecule has 0 saturated heterocycles. The van der Waals surface area contributed by atoms with Gasteiger partial charge in [0, 0.05) is 11.8 Å². The average Bonchev–Trinajstić information content (AvgIpc) is 2.92. The quantitative estimate of drug-likeness (QED) is 0.739. The van der Waals surface area contributed by atoms with Crippen molar-refractivity contribution in [2.45, 2.75) is 26.4 Å². The third-order valence-corrected chi connectivity index (χ3v) is 3.79. The molecule has 2 aromatic heterocycles. The van der Waals surface area contributed by atoms with Crippen LogP contribution >= 0.6 is 0 Å². The van der Waals surface area contributed by atoms with Crippen molar-refractivity contribution in [3.63, 3.8) is 0 Å². The Morgan fingerprint density at radius 2 is 1.95 bits per heavy atom. The van der Waals surface area contributed by atoms with Crippen molar-refractivity contribution in [3.05, 3.63) is 58.6 Å². The molecule has 112 valence electrons. The second-order valence-electron chi connectivity index (χ2n) is 5.57. The van der Waals surface area contributed by atoms with Crippen LogP contribution in [-0.4, -0.2) is 14.5 Å². The minimum Gasteiger partial charge on any atom is -0.392 e. The van der Waals surface area contributed by atoms with Crippen LogP contribution in [-0.2, 0) is 6.61 Å². The highest BCUT2D eigenvalue weighted by Gasteiger charge is 2.15. The molecule has 0 unspecified atom stereocenters. The topological polar surface area (TPSA) is 67.0 Å². The summed E-state index contributed by atoms with van der Waals surface area (Å²) >= 11 is 0. The molecule has 0 saturated carbocycles. The highest BCUT2D eigenvalue weighted by molar-refractivity contribution is 5.74. The Morgan fingerprint density at radius 3 is 2.55 bits per heavy atom. The molecule has 3 aromatic rings. The first-order chi connectivity index (χ1) is 10.6. The van der Waals surface area contributed by atoms with Gasteiger partial charge in [-0.25, -0.2) is 4.98 Å². The standard InChI is InChI=1S/C17H17N3O2/c1-11(2)13-3-5-14(6-4-13)16-17(19-22)20-8-7-12(10-21)9-15(20)18-16/h3-9,11,21H,10H2,1-2H3. The summed E-state index contributed by atoms with van der Waals surface area (Å²) in [4.78, 5) is 15.7. The number of aliphatic hydroxyl groups excluding tert-OH is 1. The van der Waals surface area contributed by atoms with E-state index in [-0.39, 0.29) is 12.4 Å². The van der Waals surface area contributed by atoms with Gasteiger partial charge in [0.1, 0.15) is 11.3 Å². The van der Waals surface area contributed by atoms with Crippen LogP contribution in [0.15, 0.2) is 47.8 Å². The molecule has 1 aromatic carbocycles. The Labute approximate surface area is 128 Å². The number of imidazole rings is 1. The summed E-state index contributed by atoms with van der Waals surface area (Å²) in [6, 6.07) is 11.5. The SMILES string of the molecule is CC(C)c1ccc(-c2nc3cc(CO)ccn3c2N=O)cc1. The van der Waals surface area contributed by atoms with Crippen molar-refractivity contribution in [2.75, 3.05) is 0 Å². The maximum absolute atomic E-state index is 11.2. The maximum atomic E-state index is 11.2. The highest BCUT2D eigenvalue weighted by Crippen LogP contribution is 2.31. The summed E-state index contributed by atoms with van der Waals surface area (Å²) in [5.74, 6) is 0.725. The van der Waals surface area contributed by atoms with Gasteiger partial charge in [-0.1, -0.05) is 38.1 Å². The van der Waals surface area contributed by atoms with Gasteiger partial charge in [0.25, 0.3) is 0 Å². The predicted molar refractivity (Wildman–Crippen MR) is 86.1 cm³/mol. The summed E-state index contributed by atoms with van der Waals surface area (Å²) in [6.45, 7) is 4.20. The molecular formula is C17H17N3O2. The summed E-state index contributed by atoms with van der Waals surface area (Å²) < 4.78 is 1.64. The van der Waals surface area contributed by atoms with Crippen LogP contribution in [0.25, 0.3) is 16.9 Å². The van der Waals surface area contributed by atoms with E-state index in [1.165, 1.54) is 5.56 Å². The Kier molecular flexibility index (Phi) is 3.73. The zero-order valence-corrected chi connectivity index (χ0v) is 12.5. The van der Waals surface area contributed by atoms with E-state index in [2.05, 4.69) is 24.0 Å². The van der Waals surface area contributed by atoms with Crippen molar-refractivity contribution >= 4 is 11.5 Å². The number of aliphatic hydroxyl groups is 1. The van der Waals surface area contributed by atoms with Crippen molar-refractivity contribution in [1.82, 2.24) is 9.38 Å². The van der Waals surface area contributed by atoms with E-state index in [9.17, 15) is 10.0 Å². The fraction of sp³-hybridized carbons (Fsp3) is 0.235. The molecular weight excluding hydrogens is 278 g/mol. The van der Waals surface area contributed by atoms with E-state index in [0.29, 0.717) is 17.3 Å². The molecule has 22 heavy (non-hydrogen) atoms. The number of fused-ring (bicyclic) bond motifs is 1. The molecule has 3 rings (SSSR count). The van der Waals surface area contributed by atoms with E-state index >= 15 is 0 Å². The van der Waals surface area contributed by atoms with Crippen LogP contribution in [0.4, 0.5) is 5.82 Å². The van der Waals surface area contributed by atoms with Crippen LogP contribution in [0, 0.1) is 4.91 Å². The Hall–Kier alpha value is -2.53. The van der Waals surface area contributed by atoms with Gasteiger partial charge in [0.15, 0.2) is 0 Å². The van der Waals surface area contributed by atoms with E-state index in [1.807, 2.05) is 24.3 Å². The van der Waals surface area contributed by atoms with Crippen molar-refractivity contribution in [3.8, 4) is 11.3 Å². The van der Waals surface area contributed by atoms with Crippen molar-refractivity contribution in [1.29, 1.82) is 0 Å². The Bertz CT molecular complexity index is 820. The third kappa shape index (κ3) is 2.40. The smallest absolute Gasteiger partial charge is 0.209 e. The van der Waals surface area contributed by atoms with Gasteiger partial charge in [-0.15, -0.1) is 4.91 Å². The lowest BCUT2D eigenvalue weighted by atomic mass is 10.0. The van der Waals surface area contributed by atoms with Crippen LogP contribution < -0.4 is 0 Å². The lowest BCUT2D eigenvalue weighted by molar-refractivity contribution is 0.282. The monoisotopic (exact) mass is 295 g/mol. The molecule has 0 fully saturated rings. The first-order valence-corrected chi connectivity index (χ1v) is 7.19. The number of benzene rings is 1. The van der Waals surface area contributed by atoms with Crippen molar-refractivity contribution < 1.29 is 5.11 Å². The fourth-order valence-corrected chi connectivity index (χ4v) is 2.48.